The van der Waals surface area contributed by atoms with Gasteiger partial charge in [-0.15, -0.1) is 0 Å². The zero-order valence-electron chi connectivity index (χ0n) is 18.6. The highest BCUT2D eigenvalue weighted by Gasteiger charge is 2.22. The summed E-state index contributed by atoms with van der Waals surface area (Å²) >= 11 is 0. The molecule has 1 heterocycles. The number of hydrogen-bond donors (Lipinski definition) is 2. The number of aliphatic hydroxyl groups excluding tert-OH is 1. The average molecular weight is 479 g/mol. The fraction of sp³-hybridized carbons (Fsp3) is 0.320. The number of sulfonamides is 1. The molecular weight excluding hydrogens is 452 g/mol. The number of rotatable bonds is 11. The van der Waals surface area contributed by atoms with Gasteiger partial charge in [0.05, 0.1) is 30.2 Å². The predicted octanol–water partition coefficient (Wildman–Crippen LogP) is 2.81. The molecule has 9 heteroatoms. The normalized spacial score (nSPS) is 13.4. The summed E-state index contributed by atoms with van der Waals surface area (Å²) in [4.78, 5) is 9.01. The maximum Gasteiger partial charge on any atom is 0.215 e. The van der Waals surface area contributed by atoms with Gasteiger partial charge in [-0.2, -0.15) is 5.26 Å². The summed E-state index contributed by atoms with van der Waals surface area (Å²) in [5.74, 6) is 1.61. The second-order valence-electron chi connectivity index (χ2n) is 8.31. The summed E-state index contributed by atoms with van der Waals surface area (Å²) in [5.41, 5.74) is 3.49. The van der Waals surface area contributed by atoms with E-state index in [-0.39, 0.29) is 18.9 Å². The van der Waals surface area contributed by atoms with Crippen molar-refractivity contribution in [3.63, 3.8) is 0 Å². The highest BCUT2D eigenvalue weighted by atomic mass is 32.2. The monoisotopic (exact) mass is 478 g/mol. The molecule has 0 aliphatic heterocycles. The fourth-order valence-electron chi connectivity index (χ4n) is 3.52. The number of ether oxygens (including phenoxy) is 1. The molecule has 0 bridgehead atoms. The lowest BCUT2D eigenvalue weighted by molar-refractivity contribution is 0.299. The van der Waals surface area contributed by atoms with E-state index in [1.165, 1.54) is 12.8 Å². The highest BCUT2D eigenvalue weighted by molar-refractivity contribution is 7.88. The molecule has 1 aliphatic rings. The van der Waals surface area contributed by atoms with Crippen molar-refractivity contribution in [3.8, 4) is 23.1 Å². The van der Waals surface area contributed by atoms with E-state index in [0.717, 1.165) is 11.1 Å². The molecule has 0 unspecified atom stereocenters. The second kappa shape index (κ2) is 10.7. The minimum absolute atomic E-state index is 0.0101. The Morgan fingerprint density at radius 1 is 1.15 bits per heavy atom. The van der Waals surface area contributed by atoms with Gasteiger partial charge < -0.3 is 9.84 Å². The van der Waals surface area contributed by atoms with E-state index in [4.69, 9.17) is 9.84 Å². The summed E-state index contributed by atoms with van der Waals surface area (Å²) in [6.07, 6.45) is 4.47. The SMILES string of the molecule is N#Cc1cc(-c2ccnc(Cc3cccc(CS(=O)(=O)NCCO)c3)n2)ccc1OCC1CC1. The first-order chi connectivity index (χ1) is 16.5. The molecule has 0 atom stereocenters. The van der Waals surface area contributed by atoms with E-state index in [9.17, 15) is 13.7 Å². The standard InChI is InChI=1S/C25H26N4O4S/c26-15-22-14-21(6-7-24(22)33-16-18-4-5-18)23-8-9-27-25(29-23)13-19-2-1-3-20(12-19)17-34(31,32)28-10-11-30/h1-3,6-9,12,14,18,28,30H,4-5,10-11,13,16-17H2. The molecule has 0 radical (unpaired) electrons. The molecule has 0 amide bonds. The van der Waals surface area contributed by atoms with Crippen LogP contribution in [0, 0.1) is 17.2 Å². The van der Waals surface area contributed by atoms with E-state index < -0.39 is 10.0 Å². The van der Waals surface area contributed by atoms with Gasteiger partial charge in [-0.1, -0.05) is 24.3 Å². The van der Waals surface area contributed by atoms with E-state index in [2.05, 4.69) is 20.8 Å². The third kappa shape index (κ3) is 6.60. The maximum atomic E-state index is 12.1. The van der Waals surface area contributed by atoms with Gasteiger partial charge in [0.25, 0.3) is 0 Å². The molecule has 2 N–H and O–H groups in total. The van der Waals surface area contributed by atoms with Gasteiger partial charge in [0, 0.05) is 24.7 Å². The van der Waals surface area contributed by atoms with Crippen LogP contribution in [0.25, 0.3) is 11.3 Å². The number of nitriles is 1. The highest BCUT2D eigenvalue weighted by Crippen LogP contribution is 2.31. The van der Waals surface area contributed by atoms with Crippen molar-refractivity contribution in [3.05, 3.63) is 77.2 Å². The first-order valence-corrected chi connectivity index (χ1v) is 12.8. The lowest BCUT2D eigenvalue weighted by Crippen LogP contribution is -2.27. The number of aromatic nitrogens is 2. The minimum Gasteiger partial charge on any atom is -0.492 e. The van der Waals surface area contributed by atoms with Crippen LogP contribution >= 0.6 is 0 Å². The topological polar surface area (TPSA) is 125 Å². The molecule has 0 spiro atoms. The van der Waals surface area contributed by atoms with Gasteiger partial charge in [-0.25, -0.2) is 23.1 Å². The van der Waals surface area contributed by atoms with Crippen molar-refractivity contribution in [2.75, 3.05) is 19.8 Å². The summed E-state index contributed by atoms with van der Waals surface area (Å²) in [7, 11) is -3.52. The zero-order valence-corrected chi connectivity index (χ0v) is 19.5. The third-order valence-corrected chi connectivity index (χ3v) is 6.77. The van der Waals surface area contributed by atoms with Crippen LogP contribution in [-0.2, 0) is 22.2 Å². The van der Waals surface area contributed by atoms with Crippen molar-refractivity contribution < 1.29 is 18.3 Å². The third-order valence-electron chi connectivity index (χ3n) is 5.42. The minimum atomic E-state index is -3.52. The molecular formula is C25H26N4O4S. The van der Waals surface area contributed by atoms with E-state index in [0.29, 0.717) is 47.3 Å². The predicted molar refractivity (Wildman–Crippen MR) is 127 cm³/mol. The number of hydrogen-bond acceptors (Lipinski definition) is 7. The van der Waals surface area contributed by atoms with Crippen LogP contribution < -0.4 is 9.46 Å². The Kier molecular flexibility index (Phi) is 7.53. The smallest absolute Gasteiger partial charge is 0.215 e. The number of benzene rings is 2. The van der Waals surface area contributed by atoms with Gasteiger partial charge in [0.15, 0.2) is 0 Å². The summed E-state index contributed by atoms with van der Waals surface area (Å²) in [5, 5.41) is 18.4. The molecule has 1 fully saturated rings. The van der Waals surface area contributed by atoms with Gasteiger partial charge in [0.2, 0.25) is 10.0 Å². The largest absolute Gasteiger partial charge is 0.492 e. The number of nitrogens with one attached hydrogen (secondary N) is 1. The van der Waals surface area contributed by atoms with E-state index >= 15 is 0 Å². The zero-order chi connectivity index (χ0) is 24.0. The Bertz CT molecular complexity index is 1300. The summed E-state index contributed by atoms with van der Waals surface area (Å²) in [6, 6.07) is 16.7. The van der Waals surface area contributed by atoms with Gasteiger partial charge in [-0.05, 0) is 54.2 Å². The van der Waals surface area contributed by atoms with Crippen LogP contribution in [0.1, 0.15) is 35.4 Å². The second-order valence-corrected chi connectivity index (χ2v) is 10.1. The molecule has 0 saturated heterocycles. The van der Waals surface area contributed by atoms with Crippen molar-refractivity contribution in [2.24, 2.45) is 5.92 Å². The van der Waals surface area contributed by atoms with Crippen LogP contribution in [0.3, 0.4) is 0 Å². The van der Waals surface area contributed by atoms with Crippen molar-refractivity contribution in [1.29, 1.82) is 5.26 Å². The Balaban J connectivity index is 1.48. The molecule has 4 rings (SSSR count). The van der Waals surface area contributed by atoms with Crippen LogP contribution in [0.15, 0.2) is 54.7 Å². The molecule has 2 aromatic carbocycles. The number of aliphatic hydroxyl groups is 1. The summed E-state index contributed by atoms with van der Waals surface area (Å²) in [6.45, 7) is 0.381. The Hall–Kier alpha value is -3.32. The van der Waals surface area contributed by atoms with E-state index in [1.807, 2.05) is 24.3 Å². The van der Waals surface area contributed by atoms with Crippen LogP contribution in [-0.4, -0.2) is 43.3 Å². The lowest BCUT2D eigenvalue weighted by Gasteiger charge is -2.10. The lowest BCUT2D eigenvalue weighted by atomic mass is 10.1. The van der Waals surface area contributed by atoms with Crippen molar-refractivity contribution in [2.45, 2.75) is 25.0 Å². The van der Waals surface area contributed by atoms with Crippen molar-refractivity contribution in [1.82, 2.24) is 14.7 Å². The Labute approximate surface area is 199 Å². The molecule has 1 aliphatic carbocycles. The quantitative estimate of drug-likeness (QED) is 0.434. The van der Waals surface area contributed by atoms with Crippen LogP contribution in [0.5, 0.6) is 5.75 Å². The maximum absolute atomic E-state index is 12.1. The molecule has 3 aromatic rings. The average Bonchev–Trinajstić information content (AvgIpc) is 3.66. The van der Waals surface area contributed by atoms with Gasteiger partial charge >= 0.3 is 0 Å². The number of nitrogens with zero attached hydrogens (tertiary/aromatic N) is 3. The molecule has 34 heavy (non-hydrogen) atoms. The molecule has 8 nitrogen and oxygen atoms in total. The van der Waals surface area contributed by atoms with Crippen LogP contribution in [0.2, 0.25) is 0 Å². The Morgan fingerprint density at radius 3 is 2.74 bits per heavy atom. The molecule has 1 aromatic heterocycles. The molecule has 176 valence electrons. The van der Waals surface area contributed by atoms with Crippen molar-refractivity contribution >= 4 is 10.0 Å². The van der Waals surface area contributed by atoms with Gasteiger partial charge in [-0.3, -0.25) is 0 Å². The first-order valence-electron chi connectivity index (χ1n) is 11.1. The van der Waals surface area contributed by atoms with Gasteiger partial charge in [0.1, 0.15) is 17.6 Å². The molecule has 1 saturated carbocycles. The van der Waals surface area contributed by atoms with E-state index in [1.54, 1.807) is 30.5 Å². The fourth-order valence-corrected chi connectivity index (χ4v) is 4.65. The first kappa shape index (κ1) is 23.8. The van der Waals surface area contributed by atoms with Crippen LogP contribution in [0.4, 0.5) is 0 Å². The Morgan fingerprint density at radius 2 is 1.97 bits per heavy atom. The summed E-state index contributed by atoms with van der Waals surface area (Å²) < 4.78 is 32.4.